The number of fused-ring (bicyclic) bond motifs is 2. The number of nitrogens with one attached hydrogen (secondary N) is 1. The number of piperazine rings is 1. The number of amides is 1. The summed E-state index contributed by atoms with van der Waals surface area (Å²) >= 11 is 0. The summed E-state index contributed by atoms with van der Waals surface area (Å²) < 4.78 is 5.61. The summed E-state index contributed by atoms with van der Waals surface area (Å²) in [4.78, 5) is 36.6. The van der Waals surface area contributed by atoms with Gasteiger partial charge < -0.3 is 15.0 Å². The maximum atomic E-state index is 12.7. The molecule has 0 radical (unpaired) electrons. The molecule has 1 N–H and O–H groups in total. The average molecular weight is 441 g/mol. The van der Waals surface area contributed by atoms with Crippen molar-refractivity contribution in [3.63, 3.8) is 0 Å². The third-order valence-corrected chi connectivity index (χ3v) is 5.71. The van der Waals surface area contributed by atoms with E-state index < -0.39 is 10.5 Å². The van der Waals surface area contributed by atoms with Crippen LogP contribution in [0.4, 0.5) is 27.8 Å². The molecule has 2 aliphatic heterocycles. The molecule has 32 heavy (non-hydrogen) atoms. The van der Waals surface area contributed by atoms with Crippen molar-refractivity contribution in [3.05, 3.63) is 46.3 Å². The van der Waals surface area contributed by atoms with E-state index >= 15 is 0 Å². The van der Waals surface area contributed by atoms with Crippen LogP contribution in [0.3, 0.4) is 0 Å². The van der Waals surface area contributed by atoms with Crippen LogP contribution in [0.15, 0.2) is 30.6 Å². The molecule has 2 bridgehead atoms. The van der Waals surface area contributed by atoms with Crippen LogP contribution in [0.1, 0.15) is 39.2 Å². The van der Waals surface area contributed by atoms with Crippen LogP contribution in [0.5, 0.6) is 0 Å². The van der Waals surface area contributed by atoms with E-state index in [9.17, 15) is 14.9 Å². The minimum absolute atomic E-state index is 0.0255. The zero-order valence-electron chi connectivity index (χ0n) is 18.7. The summed E-state index contributed by atoms with van der Waals surface area (Å²) in [5.74, 6) is 0.850. The van der Waals surface area contributed by atoms with Crippen molar-refractivity contribution in [1.29, 1.82) is 0 Å². The highest BCUT2D eigenvalue weighted by molar-refractivity contribution is 5.72. The van der Waals surface area contributed by atoms with Gasteiger partial charge in [-0.05, 0) is 58.7 Å². The molecule has 2 aromatic rings. The number of nitro groups is 1. The van der Waals surface area contributed by atoms with Gasteiger partial charge in [0.05, 0.1) is 17.0 Å². The molecule has 0 saturated carbocycles. The Hall–Kier alpha value is -3.43. The maximum absolute atomic E-state index is 12.7. The Kier molecular flexibility index (Phi) is 5.62. The normalized spacial score (nSPS) is 20.2. The monoisotopic (exact) mass is 440 g/mol. The van der Waals surface area contributed by atoms with Crippen LogP contribution in [-0.2, 0) is 4.74 Å². The third kappa shape index (κ3) is 4.44. The van der Waals surface area contributed by atoms with Gasteiger partial charge >= 0.3 is 11.8 Å². The summed E-state index contributed by atoms with van der Waals surface area (Å²) in [6.07, 6.45) is 4.73. The quantitative estimate of drug-likeness (QED) is 0.560. The lowest BCUT2D eigenvalue weighted by Gasteiger charge is -2.41. The van der Waals surface area contributed by atoms with Gasteiger partial charge in [0.25, 0.3) is 0 Å². The molecule has 2 aromatic heterocycles. The van der Waals surface area contributed by atoms with E-state index in [1.807, 2.05) is 25.7 Å². The lowest BCUT2D eigenvalue weighted by atomic mass is 10.1. The highest BCUT2D eigenvalue weighted by Gasteiger charge is 2.44. The Morgan fingerprint density at radius 1 is 1.22 bits per heavy atom. The number of pyridine rings is 2. The van der Waals surface area contributed by atoms with Gasteiger partial charge in [-0.2, -0.15) is 0 Å². The SMILES string of the molecule is Cc1cc(N2C[C@H]3CC[C@@H](C2)N3C(=O)OC(C)(C)C)nc(Nc2ccncc2)c1[N+](=O)[O-]. The van der Waals surface area contributed by atoms with E-state index in [0.717, 1.165) is 12.8 Å². The molecule has 0 spiro atoms. The van der Waals surface area contributed by atoms with Gasteiger partial charge in [0.2, 0.25) is 5.82 Å². The van der Waals surface area contributed by atoms with E-state index in [0.29, 0.717) is 30.2 Å². The number of carbonyl (C=O) groups is 1. The lowest BCUT2D eigenvalue weighted by molar-refractivity contribution is -0.384. The summed E-state index contributed by atoms with van der Waals surface area (Å²) in [6.45, 7) is 8.52. The van der Waals surface area contributed by atoms with Crippen LogP contribution in [0, 0.1) is 17.0 Å². The van der Waals surface area contributed by atoms with Crippen molar-refractivity contribution in [3.8, 4) is 0 Å². The van der Waals surface area contributed by atoms with Gasteiger partial charge in [-0.1, -0.05) is 0 Å². The molecular weight excluding hydrogens is 412 g/mol. The molecule has 0 aromatic carbocycles. The molecule has 10 nitrogen and oxygen atoms in total. The molecule has 2 saturated heterocycles. The predicted octanol–water partition coefficient (Wildman–Crippen LogP) is 4.02. The summed E-state index contributed by atoms with van der Waals surface area (Å²) in [5.41, 5.74) is 0.597. The number of rotatable bonds is 4. The second-order valence-corrected chi connectivity index (χ2v) is 9.29. The zero-order chi connectivity index (χ0) is 23.0. The molecular formula is C22H28N6O4. The van der Waals surface area contributed by atoms with Crippen molar-refractivity contribution in [1.82, 2.24) is 14.9 Å². The van der Waals surface area contributed by atoms with Gasteiger partial charge in [-0.3, -0.25) is 20.0 Å². The zero-order valence-corrected chi connectivity index (χ0v) is 18.7. The van der Waals surface area contributed by atoms with Crippen molar-refractivity contribution in [2.45, 2.75) is 58.2 Å². The van der Waals surface area contributed by atoms with E-state index in [-0.39, 0.29) is 29.7 Å². The maximum Gasteiger partial charge on any atom is 0.410 e. The topological polar surface area (TPSA) is 114 Å². The Labute approximate surface area is 186 Å². The van der Waals surface area contributed by atoms with Crippen molar-refractivity contribution in [2.24, 2.45) is 0 Å². The van der Waals surface area contributed by atoms with Gasteiger partial charge in [-0.25, -0.2) is 9.78 Å². The Morgan fingerprint density at radius 2 is 1.84 bits per heavy atom. The standard InChI is InChI=1S/C22H28N6O4/c1-14-11-18(25-20(19(14)28(30)31)24-15-7-9-23-10-8-15)26-12-16-5-6-17(13-26)27(16)21(29)32-22(2,3)4/h7-11,16-17H,5-6,12-13H2,1-4H3,(H,23,24,25)/t16-,17+. The Balaban J connectivity index is 1.60. The molecule has 4 heterocycles. The predicted molar refractivity (Wildman–Crippen MR) is 120 cm³/mol. The van der Waals surface area contributed by atoms with Crippen molar-refractivity contribution < 1.29 is 14.5 Å². The molecule has 1 amide bonds. The highest BCUT2D eigenvalue weighted by atomic mass is 16.6. The highest BCUT2D eigenvalue weighted by Crippen LogP contribution is 2.37. The fourth-order valence-electron chi connectivity index (χ4n) is 4.40. The summed E-state index contributed by atoms with van der Waals surface area (Å²) in [7, 11) is 0. The molecule has 0 unspecified atom stereocenters. The summed E-state index contributed by atoms with van der Waals surface area (Å²) in [5, 5.41) is 14.8. The molecule has 0 aliphatic carbocycles. The lowest BCUT2D eigenvalue weighted by Crippen LogP contribution is -2.57. The first-order valence-corrected chi connectivity index (χ1v) is 10.7. The number of hydrogen-bond donors (Lipinski definition) is 1. The molecule has 170 valence electrons. The smallest absolute Gasteiger partial charge is 0.410 e. The van der Waals surface area contributed by atoms with Gasteiger partial charge in [-0.15, -0.1) is 0 Å². The van der Waals surface area contributed by atoms with Crippen LogP contribution in [-0.4, -0.2) is 56.7 Å². The van der Waals surface area contributed by atoms with Gasteiger partial charge in [0, 0.05) is 36.7 Å². The molecule has 4 rings (SSSR count). The van der Waals surface area contributed by atoms with E-state index in [1.54, 1.807) is 37.5 Å². The number of anilines is 3. The summed E-state index contributed by atoms with van der Waals surface area (Å²) in [6, 6.07) is 5.26. The van der Waals surface area contributed by atoms with E-state index in [4.69, 9.17) is 4.74 Å². The first-order valence-electron chi connectivity index (χ1n) is 10.7. The number of nitrogens with zero attached hydrogens (tertiary/aromatic N) is 5. The number of hydrogen-bond acceptors (Lipinski definition) is 8. The van der Waals surface area contributed by atoms with E-state index in [2.05, 4.69) is 20.2 Å². The molecule has 2 aliphatic rings. The first kappa shape index (κ1) is 21.8. The minimum Gasteiger partial charge on any atom is -0.444 e. The number of aryl methyl sites for hydroxylation is 1. The van der Waals surface area contributed by atoms with Crippen molar-refractivity contribution >= 4 is 29.1 Å². The third-order valence-electron chi connectivity index (χ3n) is 5.71. The fourth-order valence-corrected chi connectivity index (χ4v) is 4.40. The number of aromatic nitrogens is 2. The van der Waals surface area contributed by atoms with E-state index in [1.165, 1.54) is 0 Å². The fraction of sp³-hybridized carbons (Fsp3) is 0.500. The number of ether oxygens (including phenoxy) is 1. The minimum atomic E-state index is -0.543. The van der Waals surface area contributed by atoms with Crippen LogP contribution >= 0.6 is 0 Å². The number of carbonyl (C=O) groups excluding carboxylic acids is 1. The average Bonchev–Trinajstić information content (AvgIpc) is 2.97. The van der Waals surface area contributed by atoms with Crippen molar-refractivity contribution in [2.75, 3.05) is 23.3 Å². The molecule has 2 fully saturated rings. The molecule has 2 atom stereocenters. The second-order valence-electron chi connectivity index (χ2n) is 9.29. The first-order chi connectivity index (χ1) is 15.1. The Bertz CT molecular complexity index is 1010. The largest absolute Gasteiger partial charge is 0.444 e. The van der Waals surface area contributed by atoms with Gasteiger partial charge in [0.1, 0.15) is 11.4 Å². The van der Waals surface area contributed by atoms with Crippen LogP contribution < -0.4 is 10.2 Å². The van der Waals surface area contributed by atoms with Crippen LogP contribution in [0.2, 0.25) is 0 Å². The van der Waals surface area contributed by atoms with Gasteiger partial charge in [0.15, 0.2) is 0 Å². The Morgan fingerprint density at radius 3 is 2.41 bits per heavy atom. The molecule has 10 heteroatoms. The van der Waals surface area contributed by atoms with Crippen LogP contribution in [0.25, 0.3) is 0 Å². The second kappa shape index (κ2) is 8.25.